The minimum absolute atomic E-state index is 0.330. The fourth-order valence-corrected chi connectivity index (χ4v) is 0.912. The predicted octanol–water partition coefficient (Wildman–Crippen LogP) is 2.36. The molecule has 60 valence electrons. The van der Waals surface area contributed by atoms with Crippen molar-refractivity contribution in [3.8, 4) is 0 Å². The third kappa shape index (κ3) is 5.83. The fraction of sp³-hybridized carbons (Fsp3) is 0.778. The summed E-state index contributed by atoms with van der Waals surface area (Å²) >= 11 is 0. The molecule has 0 saturated carbocycles. The van der Waals surface area contributed by atoms with E-state index < -0.39 is 0 Å². The minimum Gasteiger partial charge on any atom is -0.396 e. The number of aliphatic hydroxyl groups is 1. The summed E-state index contributed by atoms with van der Waals surface area (Å²) in [5.41, 5.74) is 0. The predicted molar refractivity (Wildman–Crippen MR) is 44.9 cm³/mol. The van der Waals surface area contributed by atoms with E-state index in [4.69, 9.17) is 5.11 Å². The summed E-state index contributed by atoms with van der Waals surface area (Å²) in [6, 6.07) is 0. The van der Waals surface area contributed by atoms with E-state index in [-0.39, 0.29) is 0 Å². The maximum atomic E-state index is 8.58. The average Bonchev–Trinajstić information content (AvgIpc) is 1.89. The molecule has 0 radical (unpaired) electrons. The molecule has 0 aliphatic carbocycles. The maximum absolute atomic E-state index is 8.58. The van der Waals surface area contributed by atoms with Gasteiger partial charge in [0.05, 0.1) is 0 Å². The van der Waals surface area contributed by atoms with Gasteiger partial charge in [0.15, 0.2) is 0 Å². The highest BCUT2D eigenvalue weighted by atomic mass is 16.2. The second kappa shape index (κ2) is 6.81. The SMILES string of the molecule is C/C=C/CCC(C)CCO. The highest BCUT2D eigenvalue weighted by Crippen LogP contribution is 2.09. The zero-order valence-corrected chi connectivity index (χ0v) is 7.01. The van der Waals surface area contributed by atoms with Crippen molar-refractivity contribution in [3.05, 3.63) is 12.2 Å². The highest BCUT2D eigenvalue weighted by Gasteiger charge is 1.97. The number of hydrogen-bond acceptors (Lipinski definition) is 1. The van der Waals surface area contributed by atoms with Gasteiger partial charge in [-0.2, -0.15) is 0 Å². The van der Waals surface area contributed by atoms with Gasteiger partial charge in [0, 0.05) is 6.61 Å². The molecule has 0 bridgehead atoms. The van der Waals surface area contributed by atoms with Crippen molar-refractivity contribution in [3.63, 3.8) is 0 Å². The molecular formula is C9H18O. The Kier molecular flexibility index (Phi) is 6.61. The van der Waals surface area contributed by atoms with Gasteiger partial charge in [-0.15, -0.1) is 0 Å². The Labute approximate surface area is 63.8 Å². The van der Waals surface area contributed by atoms with Crippen molar-refractivity contribution < 1.29 is 5.11 Å². The van der Waals surface area contributed by atoms with Gasteiger partial charge in [-0.3, -0.25) is 0 Å². The van der Waals surface area contributed by atoms with Crippen molar-refractivity contribution in [1.82, 2.24) is 0 Å². The van der Waals surface area contributed by atoms with E-state index in [1.807, 2.05) is 6.92 Å². The van der Waals surface area contributed by atoms with Gasteiger partial charge in [0.2, 0.25) is 0 Å². The third-order valence-electron chi connectivity index (χ3n) is 1.68. The van der Waals surface area contributed by atoms with E-state index in [1.54, 1.807) is 0 Å². The largest absolute Gasteiger partial charge is 0.396 e. The van der Waals surface area contributed by atoms with Gasteiger partial charge in [0.25, 0.3) is 0 Å². The van der Waals surface area contributed by atoms with Gasteiger partial charge in [0.1, 0.15) is 0 Å². The van der Waals surface area contributed by atoms with Crippen LogP contribution in [0.4, 0.5) is 0 Å². The van der Waals surface area contributed by atoms with Crippen molar-refractivity contribution in [2.24, 2.45) is 5.92 Å². The lowest BCUT2D eigenvalue weighted by Gasteiger charge is -2.05. The Hall–Kier alpha value is -0.300. The lowest BCUT2D eigenvalue weighted by Crippen LogP contribution is -1.96. The topological polar surface area (TPSA) is 20.2 Å². The van der Waals surface area contributed by atoms with Crippen molar-refractivity contribution >= 4 is 0 Å². The smallest absolute Gasteiger partial charge is 0.0433 e. The Balaban J connectivity index is 3.12. The summed E-state index contributed by atoms with van der Waals surface area (Å²) in [6.45, 7) is 4.55. The van der Waals surface area contributed by atoms with Crippen LogP contribution in [0.2, 0.25) is 0 Å². The van der Waals surface area contributed by atoms with E-state index in [0.29, 0.717) is 12.5 Å². The summed E-state index contributed by atoms with van der Waals surface area (Å²) in [5, 5.41) is 8.58. The second-order valence-electron chi connectivity index (χ2n) is 2.76. The molecule has 0 heterocycles. The lowest BCUT2D eigenvalue weighted by molar-refractivity contribution is 0.259. The Morgan fingerprint density at radius 3 is 2.60 bits per heavy atom. The summed E-state index contributed by atoms with van der Waals surface area (Å²) in [6.07, 6.45) is 7.54. The molecular weight excluding hydrogens is 124 g/mol. The summed E-state index contributed by atoms with van der Waals surface area (Å²) < 4.78 is 0. The highest BCUT2D eigenvalue weighted by molar-refractivity contribution is 4.77. The molecule has 1 nitrogen and oxygen atoms in total. The first kappa shape index (κ1) is 9.70. The fourth-order valence-electron chi connectivity index (χ4n) is 0.912. The summed E-state index contributed by atoms with van der Waals surface area (Å²) in [7, 11) is 0. The Bertz CT molecular complexity index is 86.7. The van der Waals surface area contributed by atoms with Crippen LogP contribution in [0.25, 0.3) is 0 Å². The third-order valence-corrected chi connectivity index (χ3v) is 1.68. The molecule has 0 aliphatic heterocycles. The molecule has 1 heteroatoms. The van der Waals surface area contributed by atoms with Crippen molar-refractivity contribution in [1.29, 1.82) is 0 Å². The van der Waals surface area contributed by atoms with Crippen molar-refractivity contribution in [2.45, 2.75) is 33.1 Å². The molecule has 0 fully saturated rings. The van der Waals surface area contributed by atoms with Gasteiger partial charge < -0.3 is 5.11 Å². The molecule has 0 amide bonds. The van der Waals surface area contributed by atoms with Crippen LogP contribution in [-0.2, 0) is 0 Å². The van der Waals surface area contributed by atoms with Gasteiger partial charge in [-0.25, -0.2) is 0 Å². The lowest BCUT2D eigenvalue weighted by atomic mass is 10.0. The molecule has 1 unspecified atom stereocenters. The van der Waals surface area contributed by atoms with Crippen LogP contribution in [0.5, 0.6) is 0 Å². The Morgan fingerprint density at radius 1 is 1.40 bits per heavy atom. The van der Waals surface area contributed by atoms with E-state index in [2.05, 4.69) is 19.1 Å². The number of rotatable bonds is 5. The zero-order valence-electron chi connectivity index (χ0n) is 7.01. The molecule has 0 aromatic carbocycles. The van der Waals surface area contributed by atoms with E-state index >= 15 is 0 Å². The standard InChI is InChI=1S/C9H18O/c1-3-4-5-6-9(2)7-8-10/h3-4,9-10H,5-8H2,1-2H3/b4-3+. The van der Waals surface area contributed by atoms with Crippen LogP contribution < -0.4 is 0 Å². The van der Waals surface area contributed by atoms with Crippen LogP contribution in [0.15, 0.2) is 12.2 Å². The monoisotopic (exact) mass is 142 g/mol. The minimum atomic E-state index is 0.330. The van der Waals surface area contributed by atoms with E-state index in [1.165, 1.54) is 6.42 Å². The van der Waals surface area contributed by atoms with Gasteiger partial charge in [-0.1, -0.05) is 19.1 Å². The summed E-state index contributed by atoms with van der Waals surface area (Å²) in [4.78, 5) is 0. The number of hydrogen-bond donors (Lipinski definition) is 1. The molecule has 0 saturated heterocycles. The molecule has 0 rings (SSSR count). The number of aliphatic hydroxyl groups excluding tert-OH is 1. The van der Waals surface area contributed by atoms with Crippen LogP contribution in [-0.4, -0.2) is 11.7 Å². The van der Waals surface area contributed by atoms with E-state index in [0.717, 1.165) is 12.8 Å². The molecule has 1 N–H and O–H groups in total. The maximum Gasteiger partial charge on any atom is 0.0433 e. The first-order chi connectivity index (χ1) is 4.81. The molecule has 0 aromatic rings. The molecule has 0 aromatic heterocycles. The van der Waals surface area contributed by atoms with Gasteiger partial charge >= 0.3 is 0 Å². The van der Waals surface area contributed by atoms with Crippen LogP contribution in [0.3, 0.4) is 0 Å². The van der Waals surface area contributed by atoms with Gasteiger partial charge in [-0.05, 0) is 32.1 Å². The number of allylic oxidation sites excluding steroid dienone is 2. The molecule has 0 aliphatic rings. The molecule has 1 atom stereocenters. The first-order valence-corrected chi connectivity index (χ1v) is 4.03. The van der Waals surface area contributed by atoms with Crippen LogP contribution in [0.1, 0.15) is 33.1 Å². The summed E-state index contributed by atoms with van der Waals surface area (Å²) in [5.74, 6) is 0.668. The van der Waals surface area contributed by atoms with E-state index in [9.17, 15) is 0 Å². The molecule has 10 heavy (non-hydrogen) atoms. The van der Waals surface area contributed by atoms with Crippen LogP contribution in [0, 0.1) is 5.92 Å². The Morgan fingerprint density at radius 2 is 2.10 bits per heavy atom. The second-order valence-corrected chi connectivity index (χ2v) is 2.76. The van der Waals surface area contributed by atoms with Crippen LogP contribution >= 0.6 is 0 Å². The quantitative estimate of drug-likeness (QED) is 0.584. The van der Waals surface area contributed by atoms with Crippen molar-refractivity contribution in [2.75, 3.05) is 6.61 Å². The molecule has 0 spiro atoms. The normalized spacial score (nSPS) is 14.3. The first-order valence-electron chi connectivity index (χ1n) is 4.03. The average molecular weight is 142 g/mol. The zero-order chi connectivity index (χ0) is 7.82.